The normalized spacial score (nSPS) is 9.69. The van der Waals surface area contributed by atoms with E-state index in [1.807, 2.05) is 6.07 Å². The Hall–Kier alpha value is -0.870. The zero-order valence-corrected chi connectivity index (χ0v) is 8.75. The van der Waals surface area contributed by atoms with E-state index >= 15 is 0 Å². The van der Waals surface area contributed by atoms with Gasteiger partial charge >= 0.3 is 0 Å². The molecule has 0 unspecified atom stereocenters. The fraction of sp³-hybridized carbons (Fsp3) is 0.222. The highest BCUT2D eigenvalue weighted by Crippen LogP contribution is 2.19. The van der Waals surface area contributed by atoms with Crippen LogP contribution in [-0.2, 0) is 6.54 Å². The Morgan fingerprint density at radius 2 is 2.46 bits per heavy atom. The van der Waals surface area contributed by atoms with Crippen molar-refractivity contribution in [2.75, 3.05) is 6.61 Å². The number of hydrogen-bond acceptors (Lipinski definition) is 3. The summed E-state index contributed by atoms with van der Waals surface area (Å²) >= 11 is 3.31. The van der Waals surface area contributed by atoms with Gasteiger partial charge in [0.05, 0.1) is 0 Å². The van der Waals surface area contributed by atoms with Gasteiger partial charge in [-0.15, -0.1) is 0 Å². The molecular formula is C9H11BrN2O. The van der Waals surface area contributed by atoms with Crippen molar-refractivity contribution in [2.45, 2.75) is 6.54 Å². The van der Waals surface area contributed by atoms with E-state index in [9.17, 15) is 0 Å². The Bertz CT molecular complexity index is 302. The lowest BCUT2D eigenvalue weighted by Crippen LogP contribution is -2.04. The van der Waals surface area contributed by atoms with Crippen molar-refractivity contribution in [3.8, 4) is 5.88 Å². The summed E-state index contributed by atoms with van der Waals surface area (Å²) in [4.78, 5) is 4.09. The smallest absolute Gasteiger partial charge is 0.218 e. The largest absolute Gasteiger partial charge is 0.473 e. The van der Waals surface area contributed by atoms with Gasteiger partial charge < -0.3 is 10.5 Å². The highest BCUT2D eigenvalue weighted by atomic mass is 79.9. The minimum absolute atomic E-state index is 0.416. The molecule has 4 heteroatoms. The lowest BCUT2D eigenvalue weighted by molar-refractivity contribution is 0.344. The van der Waals surface area contributed by atoms with E-state index in [1.165, 1.54) is 0 Å². The van der Waals surface area contributed by atoms with Crippen LogP contribution in [0.4, 0.5) is 0 Å². The van der Waals surface area contributed by atoms with Gasteiger partial charge in [0.1, 0.15) is 6.61 Å². The van der Waals surface area contributed by atoms with Crippen LogP contribution in [0.15, 0.2) is 29.4 Å². The van der Waals surface area contributed by atoms with Crippen LogP contribution in [0.25, 0.3) is 0 Å². The first-order chi connectivity index (χ1) is 6.27. The topological polar surface area (TPSA) is 48.1 Å². The molecule has 70 valence electrons. The van der Waals surface area contributed by atoms with Crippen molar-refractivity contribution in [3.63, 3.8) is 0 Å². The summed E-state index contributed by atoms with van der Waals surface area (Å²) in [5.74, 6) is 0.575. The molecule has 0 aliphatic rings. The summed E-state index contributed by atoms with van der Waals surface area (Å²) < 4.78 is 6.20. The molecule has 0 atom stereocenters. The molecule has 1 aromatic heterocycles. The maximum absolute atomic E-state index is 5.52. The van der Waals surface area contributed by atoms with Crippen molar-refractivity contribution in [3.05, 3.63) is 35.0 Å². The Labute approximate surface area is 85.7 Å². The van der Waals surface area contributed by atoms with E-state index in [0.717, 1.165) is 10.0 Å². The van der Waals surface area contributed by atoms with Gasteiger partial charge in [-0.25, -0.2) is 4.98 Å². The molecule has 0 radical (unpaired) electrons. The number of halogens is 1. The Balaban J connectivity index is 2.85. The lowest BCUT2D eigenvalue weighted by atomic mass is 10.3. The summed E-state index contributed by atoms with van der Waals surface area (Å²) in [5, 5.41) is 0. The van der Waals surface area contributed by atoms with Crippen molar-refractivity contribution in [2.24, 2.45) is 5.73 Å². The van der Waals surface area contributed by atoms with Crippen LogP contribution in [0.3, 0.4) is 0 Å². The highest BCUT2D eigenvalue weighted by Gasteiger charge is 2.03. The molecule has 0 saturated heterocycles. The average Bonchev–Trinajstić information content (AvgIpc) is 2.16. The summed E-state index contributed by atoms with van der Waals surface area (Å²) in [5.41, 5.74) is 6.41. The van der Waals surface area contributed by atoms with E-state index < -0.39 is 0 Å². The van der Waals surface area contributed by atoms with Crippen LogP contribution in [-0.4, -0.2) is 11.6 Å². The van der Waals surface area contributed by atoms with Gasteiger partial charge in [-0.2, -0.15) is 0 Å². The van der Waals surface area contributed by atoms with Crippen molar-refractivity contribution < 1.29 is 4.74 Å². The van der Waals surface area contributed by atoms with Crippen LogP contribution in [0.1, 0.15) is 5.56 Å². The molecule has 1 rings (SSSR count). The molecule has 3 nitrogen and oxygen atoms in total. The molecule has 0 spiro atoms. The number of nitrogens with two attached hydrogens (primary N) is 1. The maximum atomic E-state index is 5.52. The zero-order valence-electron chi connectivity index (χ0n) is 7.16. The first-order valence-corrected chi connectivity index (χ1v) is 4.65. The van der Waals surface area contributed by atoms with Gasteiger partial charge in [0.15, 0.2) is 0 Å². The van der Waals surface area contributed by atoms with Crippen LogP contribution in [0.2, 0.25) is 0 Å². The first kappa shape index (κ1) is 10.2. The second-order valence-corrected chi connectivity index (χ2v) is 3.34. The molecule has 0 saturated carbocycles. The van der Waals surface area contributed by atoms with Gasteiger partial charge in [-0.1, -0.05) is 12.7 Å². The zero-order chi connectivity index (χ0) is 9.68. The number of pyridine rings is 1. The minimum Gasteiger partial charge on any atom is -0.473 e. The van der Waals surface area contributed by atoms with E-state index in [2.05, 4.69) is 27.5 Å². The van der Waals surface area contributed by atoms with Gasteiger partial charge in [0.2, 0.25) is 5.88 Å². The fourth-order valence-corrected chi connectivity index (χ4v) is 1.26. The molecule has 1 heterocycles. The molecule has 2 N–H and O–H groups in total. The standard InChI is InChI=1S/C9H11BrN2O/c1-2-3-13-9-7(5-11)4-8(10)6-12-9/h2,4,6H,1,3,5,11H2. The van der Waals surface area contributed by atoms with Gasteiger partial charge in [0, 0.05) is 22.8 Å². The van der Waals surface area contributed by atoms with Crippen LogP contribution < -0.4 is 10.5 Å². The van der Waals surface area contributed by atoms with E-state index in [4.69, 9.17) is 10.5 Å². The molecule has 13 heavy (non-hydrogen) atoms. The number of rotatable bonds is 4. The molecule has 0 amide bonds. The van der Waals surface area contributed by atoms with Gasteiger partial charge in [-0.05, 0) is 22.0 Å². The second-order valence-electron chi connectivity index (χ2n) is 2.42. The van der Waals surface area contributed by atoms with Crippen molar-refractivity contribution in [1.29, 1.82) is 0 Å². The van der Waals surface area contributed by atoms with Gasteiger partial charge in [-0.3, -0.25) is 0 Å². The second kappa shape index (κ2) is 4.99. The Morgan fingerprint density at radius 1 is 1.69 bits per heavy atom. The van der Waals surface area contributed by atoms with Crippen molar-refractivity contribution in [1.82, 2.24) is 4.98 Å². The summed E-state index contributed by atoms with van der Waals surface area (Å²) in [6.07, 6.45) is 3.35. The van der Waals surface area contributed by atoms with Crippen molar-refractivity contribution >= 4 is 15.9 Å². The number of hydrogen-bond donors (Lipinski definition) is 1. The highest BCUT2D eigenvalue weighted by molar-refractivity contribution is 9.10. The van der Waals surface area contributed by atoms with Crippen LogP contribution in [0.5, 0.6) is 5.88 Å². The summed E-state index contributed by atoms with van der Waals surface area (Å²) in [7, 11) is 0. The van der Waals surface area contributed by atoms with Crippen LogP contribution >= 0.6 is 15.9 Å². The number of ether oxygens (including phenoxy) is 1. The molecule has 0 aromatic carbocycles. The lowest BCUT2D eigenvalue weighted by Gasteiger charge is -2.06. The third-order valence-electron chi connectivity index (χ3n) is 1.45. The molecule has 0 fully saturated rings. The third kappa shape index (κ3) is 2.82. The van der Waals surface area contributed by atoms with E-state index in [0.29, 0.717) is 19.0 Å². The molecule has 0 bridgehead atoms. The molecule has 1 aromatic rings. The fourth-order valence-electron chi connectivity index (χ4n) is 0.883. The predicted molar refractivity (Wildman–Crippen MR) is 55.5 cm³/mol. The maximum Gasteiger partial charge on any atom is 0.218 e. The molecular weight excluding hydrogens is 232 g/mol. The Kier molecular flexibility index (Phi) is 3.92. The van der Waals surface area contributed by atoms with E-state index in [1.54, 1.807) is 12.3 Å². The summed E-state index contributed by atoms with van der Waals surface area (Å²) in [6, 6.07) is 1.89. The Morgan fingerprint density at radius 3 is 3.08 bits per heavy atom. The number of aromatic nitrogens is 1. The predicted octanol–water partition coefficient (Wildman–Crippen LogP) is 1.87. The molecule has 0 aliphatic heterocycles. The van der Waals surface area contributed by atoms with Gasteiger partial charge in [0.25, 0.3) is 0 Å². The SMILES string of the molecule is C=CCOc1ncc(Br)cc1CN. The monoisotopic (exact) mass is 242 g/mol. The number of nitrogens with zero attached hydrogens (tertiary/aromatic N) is 1. The third-order valence-corrected chi connectivity index (χ3v) is 1.88. The summed E-state index contributed by atoms with van der Waals surface area (Å²) in [6.45, 7) is 4.42. The quantitative estimate of drug-likeness (QED) is 0.821. The minimum atomic E-state index is 0.416. The molecule has 0 aliphatic carbocycles. The van der Waals surface area contributed by atoms with E-state index in [-0.39, 0.29) is 0 Å². The average molecular weight is 243 g/mol. The first-order valence-electron chi connectivity index (χ1n) is 3.86. The van der Waals surface area contributed by atoms with Crippen LogP contribution in [0, 0.1) is 0 Å².